The van der Waals surface area contributed by atoms with Crippen LogP contribution in [0, 0.1) is 0 Å². The number of anilines is 1. The molecule has 0 spiro atoms. The van der Waals surface area contributed by atoms with Gasteiger partial charge in [-0.2, -0.15) is 0 Å². The van der Waals surface area contributed by atoms with Crippen molar-refractivity contribution in [2.24, 2.45) is 0 Å². The number of aromatic hydroxyl groups is 1. The lowest BCUT2D eigenvalue weighted by atomic mass is 10.1. The molecule has 0 unspecified atom stereocenters. The van der Waals surface area contributed by atoms with Crippen molar-refractivity contribution in [2.45, 2.75) is 26.7 Å². The van der Waals surface area contributed by atoms with Gasteiger partial charge in [0.25, 0.3) is 0 Å². The summed E-state index contributed by atoms with van der Waals surface area (Å²) in [5.74, 6) is -1.67. The summed E-state index contributed by atoms with van der Waals surface area (Å²) in [7, 11) is 0. The van der Waals surface area contributed by atoms with E-state index in [2.05, 4.69) is 5.32 Å². The Morgan fingerprint density at radius 3 is 2.30 bits per heavy atom. The molecular weight excluding hydrogens is 260 g/mol. The highest BCUT2D eigenvalue weighted by molar-refractivity contribution is 5.97. The van der Waals surface area contributed by atoms with Crippen LogP contribution in [-0.4, -0.2) is 40.2 Å². The van der Waals surface area contributed by atoms with E-state index < -0.39 is 11.7 Å². The zero-order valence-electron chi connectivity index (χ0n) is 11.7. The van der Waals surface area contributed by atoms with Crippen LogP contribution in [0.2, 0.25) is 0 Å². The molecule has 0 saturated heterocycles. The van der Waals surface area contributed by atoms with E-state index in [0.29, 0.717) is 13.1 Å². The zero-order chi connectivity index (χ0) is 15.1. The van der Waals surface area contributed by atoms with E-state index in [0.717, 1.165) is 12.8 Å². The minimum Gasteiger partial charge on any atom is -0.505 e. The van der Waals surface area contributed by atoms with Gasteiger partial charge in [-0.15, -0.1) is 0 Å². The summed E-state index contributed by atoms with van der Waals surface area (Å²) < 4.78 is 0. The SMILES string of the molecule is CCCN(CCC)C(=O)Nc1cccc(C(=O)O)c1O. The first kappa shape index (κ1) is 15.8. The number of carboxylic acids is 1. The third-order valence-electron chi connectivity index (χ3n) is 2.78. The van der Waals surface area contributed by atoms with Crippen molar-refractivity contribution < 1.29 is 19.8 Å². The van der Waals surface area contributed by atoms with Crippen LogP contribution >= 0.6 is 0 Å². The van der Waals surface area contributed by atoms with E-state index in [1.165, 1.54) is 18.2 Å². The summed E-state index contributed by atoms with van der Waals surface area (Å²) in [6, 6.07) is 3.88. The monoisotopic (exact) mass is 280 g/mol. The van der Waals surface area contributed by atoms with E-state index >= 15 is 0 Å². The molecule has 0 aliphatic carbocycles. The Labute approximate surface area is 118 Å². The average molecular weight is 280 g/mol. The lowest BCUT2D eigenvalue weighted by Gasteiger charge is -2.22. The molecule has 3 N–H and O–H groups in total. The lowest BCUT2D eigenvalue weighted by molar-refractivity contribution is 0.0693. The minimum atomic E-state index is -1.24. The van der Waals surface area contributed by atoms with Crippen LogP contribution in [0.25, 0.3) is 0 Å². The van der Waals surface area contributed by atoms with Crippen LogP contribution in [0.1, 0.15) is 37.0 Å². The Morgan fingerprint density at radius 2 is 1.80 bits per heavy atom. The average Bonchev–Trinajstić information content (AvgIpc) is 2.40. The van der Waals surface area contributed by atoms with Crippen LogP contribution < -0.4 is 5.32 Å². The van der Waals surface area contributed by atoms with Crippen molar-refractivity contribution in [3.05, 3.63) is 23.8 Å². The molecule has 0 saturated carbocycles. The van der Waals surface area contributed by atoms with Crippen LogP contribution in [0.15, 0.2) is 18.2 Å². The fourth-order valence-electron chi connectivity index (χ4n) is 1.87. The number of benzene rings is 1. The molecule has 1 rings (SSSR count). The summed E-state index contributed by atoms with van der Waals surface area (Å²) in [6.45, 7) is 5.16. The van der Waals surface area contributed by atoms with Gasteiger partial charge < -0.3 is 20.4 Å². The molecule has 0 aliphatic rings. The van der Waals surface area contributed by atoms with Gasteiger partial charge in [-0.25, -0.2) is 9.59 Å². The van der Waals surface area contributed by atoms with Gasteiger partial charge in [-0.05, 0) is 25.0 Å². The quantitative estimate of drug-likeness (QED) is 0.699. The fraction of sp³-hybridized carbons (Fsp3) is 0.429. The highest BCUT2D eigenvalue weighted by Gasteiger charge is 2.17. The molecule has 6 heteroatoms. The summed E-state index contributed by atoms with van der Waals surface area (Å²) in [5, 5.41) is 21.3. The predicted octanol–water partition coefficient (Wildman–Crippen LogP) is 2.74. The van der Waals surface area contributed by atoms with Gasteiger partial charge in [0.2, 0.25) is 0 Å². The van der Waals surface area contributed by atoms with Crippen molar-refractivity contribution in [3.63, 3.8) is 0 Å². The molecule has 1 aromatic rings. The molecule has 0 fully saturated rings. The van der Waals surface area contributed by atoms with Gasteiger partial charge in [-0.3, -0.25) is 0 Å². The highest BCUT2D eigenvalue weighted by Crippen LogP contribution is 2.27. The van der Waals surface area contributed by atoms with E-state index in [9.17, 15) is 14.7 Å². The molecular formula is C14H20N2O4. The Bertz CT molecular complexity index is 482. The Morgan fingerprint density at radius 1 is 1.20 bits per heavy atom. The van der Waals surface area contributed by atoms with Crippen LogP contribution in [-0.2, 0) is 0 Å². The van der Waals surface area contributed by atoms with Gasteiger partial charge in [0, 0.05) is 13.1 Å². The lowest BCUT2D eigenvalue weighted by Crippen LogP contribution is -2.36. The van der Waals surface area contributed by atoms with Crippen molar-refractivity contribution in [1.82, 2.24) is 4.90 Å². The second-order valence-electron chi connectivity index (χ2n) is 4.42. The summed E-state index contributed by atoms with van der Waals surface area (Å²) in [4.78, 5) is 24.6. The molecule has 0 aliphatic heterocycles. The molecule has 0 atom stereocenters. The number of amides is 2. The number of aromatic carboxylic acids is 1. The molecule has 0 heterocycles. The molecule has 0 bridgehead atoms. The normalized spacial score (nSPS) is 10.1. The molecule has 0 radical (unpaired) electrons. The third kappa shape index (κ3) is 3.88. The number of carboxylic acid groups (broad SMARTS) is 1. The molecule has 20 heavy (non-hydrogen) atoms. The first-order valence-corrected chi connectivity index (χ1v) is 6.62. The predicted molar refractivity (Wildman–Crippen MR) is 76.2 cm³/mol. The van der Waals surface area contributed by atoms with E-state index in [1.807, 2.05) is 13.8 Å². The molecule has 110 valence electrons. The number of para-hydroxylation sites is 1. The Hall–Kier alpha value is -2.24. The first-order valence-electron chi connectivity index (χ1n) is 6.62. The van der Waals surface area contributed by atoms with Crippen LogP contribution in [0.3, 0.4) is 0 Å². The van der Waals surface area contributed by atoms with Crippen molar-refractivity contribution in [3.8, 4) is 5.75 Å². The maximum absolute atomic E-state index is 12.1. The van der Waals surface area contributed by atoms with Crippen LogP contribution in [0.5, 0.6) is 5.75 Å². The second kappa shape index (κ2) is 7.37. The highest BCUT2D eigenvalue weighted by atomic mass is 16.4. The number of rotatable bonds is 6. The second-order valence-corrected chi connectivity index (χ2v) is 4.42. The standard InChI is InChI=1S/C14H20N2O4/c1-3-8-16(9-4-2)14(20)15-11-7-5-6-10(12(11)17)13(18)19/h5-7,17H,3-4,8-9H2,1-2H3,(H,15,20)(H,18,19). The van der Waals surface area contributed by atoms with Gasteiger partial charge in [0.15, 0.2) is 5.75 Å². The summed E-state index contributed by atoms with van der Waals surface area (Å²) in [5.41, 5.74) is -0.132. The van der Waals surface area contributed by atoms with Crippen molar-refractivity contribution in [1.29, 1.82) is 0 Å². The molecule has 2 amide bonds. The van der Waals surface area contributed by atoms with E-state index in [-0.39, 0.29) is 17.3 Å². The maximum atomic E-state index is 12.1. The van der Waals surface area contributed by atoms with Gasteiger partial charge in [0.1, 0.15) is 5.56 Å². The molecule has 0 aromatic heterocycles. The van der Waals surface area contributed by atoms with Gasteiger partial charge in [-0.1, -0.05) is 19.9 Å². The topological polar surface area (TPSA) is 89.9 Å². The first-order chi connectivity index (χ1) is 9.51. The minimum absolute atomic E-state index is 0.104. The Kier molecular flexibility index (Phi) is 5.83. The van der Waals surface area contributed by atoms with Crippen LogP contribution in [0.4, 0.5) is 10.5 Å². The van der Waals surface area contributed by atoms with Gasteiger partial charge >= 0.3 is 12.0 Å². The smallest absolute Gasteiger partial charge is 0.339 e. The zero-order valence-corrected chi connectivity index (χ0v) is 11.7. The number of carbonyl (C=O) groups excluding carboxylic acids is 1. The number of nitrogens with zero attached hydrogens (tertiary/aromatic N) is 1. The van der Waals surface area contributed by atoms with Crippen molar-refractivity contribution in [2.75, 3.05) is 18.4 Å². The summed E-state index contributed by atoms with van der Waals surface area (Å²) >= 11 is 0. The number of hydrogen-bond acceptors (Lipinski definition) is 3. The number of hydrogen-bond donors (Lipinski definition) is 3. The largest absolute Gasteiger partial charge is 0.505 e. The fourth-order valence-corrected chi connectivity index (χ4v) is 1.87. The maximum Gasteiger partial charge on any atom is 0.339 e. The number of carbonyl (C=O) groups is 2. The number of urea groups is 1. The van der Waals surface area contributed by atoms with Crippen molar-refractivity contribution >= 4 is 17.7 Å². The van der Waals surface area contributed by atoms with Gasteiger partial charge in [0.05, 0.1) is 5.69 Å². The molecule has 1 aromatic carbocycles. The molecule has 6 nitrogen and oxygen atoms in total. The number of phenols is 1. The number of nitrogens with one attached hydrogen (secondary N) is 1. The van der Waals surface area contributed by atoms with E-state index in [4.69, 9.17) is 5.11 Å². The summed E-state index contributed by atoms with van der Waals surface area (Å²) in [6.07, 6.45) is 1.66. The Balaban J connectivity index is 2.89. The van der Waals surface area contributed by atoms with E-state index in [1.54, 1.807) is 4.90 Å². The third-order valence-corrected chi connectivity index (χ3v) is 2.78.